The maximum Gasteiger partial charge on any atom is 0.407 e. The molecule has 4 nitrogen and oxygen atoms in total. The van der Waals surface area contributed by atoms with Crippen LogP contribution in [-0.4, -0.2) is 41.4 Å². The number of amides is 1. The maximum atomic E-state index is 11.0. The lowest BCUT2D eigenvalue weighted by molar-refractivity contribution is 0.108. The highest BCUT2D eigenvalue weighted by Crippen LogP contribution is 2.48. The summed E-state index contributed by atoms with van der Waals surface area (Å²) >= 11 is 0. The van der Waals surface area contributed by atoms with Crippen LogP contribution in [0.1, 0.15) is 12.8 Å². The van der Waals surface area contributed by atoms with Crippen molar-refractivity contribution in [3.63, 3.8) is 0 Å². The minimum absolute atomic E-state index is 0.259. The number of carbonyl (C=O) groups is 1. The molecule has 4 heteroatoms. The van der Waals surface area contributed by atoms with Gasteiger partial charge in [0.1, 0.15) is 0 Å². The van der Waals surface area contributed by atoms with Crippen LogP contribution in [-0.2, 0) is 4.74 Å². The van der Waals surface area contributed by atoms with E-state index in [0.717, 1.165) is 26.1 Å². The van der Waals surface area contributed by atoms with E-state index in [4.69, 9.17) is 9.84 Å². The molecule has 0 aromatic carbocycles. The largest absolute Gasteiger partial charge is 0.465 e. The van der Waals surface area contributed by atoms with Crippen molar-refractivity contribution in [2.45, 2.75) is 24.9 Å². The number of ether oxygens (including phenoxy) is 1. The first-order valence-corrected chi connectivity index (χ1v) is 4.88. The van der Waals surface area contributed by atoms with Gasteiger partial charge in [-0.2, -0.15) is 0 Å². The van der Waals surface area contributed by atoms with Gasteiger partial charge in [-0.3, -0.25) is 0 Å². The van der Waals surface area contributed by atoms with Crippen LogP contribution in [0.4, 0.5) is 4.79 Å². The number of nitrogens with zero attached hydrogens (tertiary/aromatic N) is 1. The third kappa shape index (κ3) is 0.817. The van der Waals surface area contributed by atoms with E-state index < -0.39 is 6.09 Å². The molecule has 0 saturated carbocycles. The molecule has 0 spiro atoms. The smallest absolute Gasteiger partial charge is 0.407 e. The van der Waals surface area contributed by atoms with Crippen molar-refractivity contribution in [1.82, 2.24) is 4.90 Å². The van der Waals surface area contributed by atoms with E-state index in [1.54, 1.807) is 4.90 Å². The van der Waals surface area contributed by atoms with Crippen molar-refractivity contribution in [2.75, 3.05) is 13.2 Å². The zero-order valence-corrected chi connectivity index (χ0v) is 7.35. The van der Waals surface area contributed by atoms with E-state index in [2.05, 4.69) is 0 Å². The molecule has 3 heterocycles. The molecule has 3 rings (SSSR count). The fraction of sp³-hybridized carbons (Fsp3) is 0.889. The normalized spacial score (nSPS) is 46.9. The second kappa shape index (κ2) is 2.38. The molecule has 0 aromatic heterocycles. The lowest BCUT2D eigenvalue weighted by atomic mass is 9.82. The van der Waals surface area contributed by atoms with Gasteiger partial charge in [0, 0.05) is 23.9 Å². The van der Waals surface area contributed by atoms with Gasteiger partial charge in [0.25, 0.3) is 0 Å². The zero-order valence-electron chi connectivity index (χ0n) is 7.35. The zero-order chi connectivity index (χ0) is 9.00. The molecule has 3 aliphatic rings. The van der Waals surface area contributed by atoms with Gasteiger partial charge in [0.15, 0.2) is 0 Å². The molecular weight excluding hydrogens is 170 g/mol. The van der Waals surface area contributed by atoms with Gasteiger partial charge in [-0.15, -0.1) is 0 Å². The van der Waals surface area contributed by atoms with Crippen molar-refractivity contribution in [3.05, 3.63) is 0 Å². The molecular formula is C9H13NO3. The molecule has 3 saturated heterocycles. The van der Waals surface area contributed by atoms with E-state index >= 15 is 0 Å². The van der Waals surface area contributed by atoms with Gasteiger partial charge in [0.05, 0.1) is 13.2 Å². The first-order chi connectivity index (χ1) is 6.29. The number of hydrogen-bond donors (Lipinski definition) is 1. The third-order valence-corrected chi connectivity index (χ3v) is 3.85. The highest BCUT2D eigenvalue weighted by Gasteiger charge is 2.57. The van der Waals surface area contributed by atoms with E-state index in [9.17, 15) is 4.79 Å². The monoisotopic (exact) mass is 183 g/mol. The molecule has 3 fully saturated rings. The van der Waals surface area contributed by atoms with Crippen LogP contribution >= 0.6 is 0 Å². The number of rotatable bonds is 0. The summed E-state index contributed by atoms with van der Waals surface area (Å²) in [6, 6.07) is 0.519. The van der Waals surface area contributed by atoms with Crippen molar-refractivity contribution in [2.24, 2.45) is 11.8 Å². The van der Waals surface area contributed by atoms with Crippen LogP contribution in [0.5, 0.6) is 0 Å². The number of carboxylic acid groups (broad SMARTS) is 1. The van der Waals surface area contributed by atoms with E-state index in [1.807, 2.05) is 0 Å². The second-order valence-electron chi connectivity index (χ2n) is 4.27. The Morgan fingerprint density at radius 1 is 1.23 bits per heavy atom. The number of fused-ring (bicyclic) bond motifs is 5. The average molecular weight is 183 g/mol. The molecule has 13 heavy (non-hydrogen) atoms. The third-order valence-electron chi connectivity index (χ3n) is 3.85. The van der Waals surface area contributed by atoms with Crippen molar-refractivity contribution < 1.29 is 14.6 Å². The molecule has 1 N–H and O–H groups in total. The van der Waals surface area contributed by atoms with Crippen LogP contribution < -0.4 is 0 Å². The average Bonchev–Trinajstić information content (AvgIpc) is 2.75. The Kier molecular flexibility index (Phi) is 1.39. The molecule has 3 aliphatic heterocycles. The summed E-state index contributed by atoms with van der Waals surface area (Å²) in [5.41, 5.74) is 0. The van der Waals surface area contributed by atoms with Gasteiger partial charge in [-0.05, 0) is 12.8 Å². The summed E-state index contributed by atoms with van der Waals surface area (Å²) in [5, 5.41) is 9.03. The summed E-state index contributed by atoms with van der Waals surface area (Å²) in [6.07, 6.45) is 1.35. The van der Waals surface area contributed by atoms with Crippen LogP contribution in [0.15, 0.2) is 0 Å². The highest BCUT2D eigenvalue weighted by molar-refractivity contribution is 5.67. The Labute approximate surface area is 76.5 Å². The Hall–Kier alpha value is -0.770. The first kappa shape index (κ1) is 7.62. The van der Waals surface area contributed by atoms with Crippen molar-refractivity contribution >= 4 is 6.09 Å². The van der Waals surface area contributed by atoms with Crippen LogP contribution in [0.2, 0.25) is 0 Å². The van der Waals surface area contributed by atoms with Gasteiger partial charge in [-0.25, -0.2) is 4.79 Å². The summed E-state index contributed by atoms with van der Waals surface area (Å²) in [6.45, 7) is 1.55. The molecule has 0 radical (unpaired) electrons. The second-order valence-corrected chi connectivity index (χ2v) is 4.27. The topological polar surface area (TPSA) is 49.8 Å². The lowest BCUT2D eigenvalue weighted by Gasteiger charge is -2.20. The Morgan fingerprint density at radius 3 is 2.23 bits per heavy atom. The van der Waals surface area contributed by atoms with E-state index in [-0.39, 0.29) is 12.1 Å². The standard InChI is InChI=1S/C9H13NO3/c11-9(12)10-7-1-2-8(10)6-4-13-3-5(6)7/h5-8H,1-4H2,(H,11,12)/t5-,6+,7-,8+. The van der Waals surface area contributed by atoms with Crippen molar-refractivity contribution in [3.8, 4) is 0 Å². The Bertz CT molecular complexity index is 237. The van der Waals surface area contributed by atoms with Gasteiger partial charge < -0.3 is 14.7 Å². The minimum Gasteiger partial charge on any atom is -0.465 e. The minimum atomic E-state index is -0.734. The molecule has 0 aliphatic carbocycles. The van der Waals surface area contributed by atoms with Crippen LogP contribution in [0, 0.1) is 11.8 Å². The lowest BCUT2D eigenvalue weighted by Crippen LogP contribution is -2.36. The van der Waals surface area contributed by atoms with E-state index in [0.29, 0.717) is 11.8 Å². The predicted octanol–water partition coefficient (Wildman–Crippen LogP) is 0.774. The van der Waals surface area contributed by atoms with Gasteiger partial charge in [-0.1, -0.05) is 0 Å². The van der Waals surface area contributed by atoms with Crippen LogP contribution in [0.3, 0.4) is 0 Å². The summed E-state index contributed by atoms with van der Waals surface area (Å²) in [5.74, 6) is 0.990. The molecule has 0 aromatic rings. The summed E-state index contributed by atoms with van der Waals surface area (Å²) < 4.78 is 5.40. The first-order valence-electron chi connectivity index (χ1n) is 4.88. The van der Waals surface area contributed by atoms with E-state index in [1.165, 1.54) is 0 Å². The Morgan fingerprint density at radius 2 is 1.77 bits per heavy atom. The quantitative estimate of drug-likeness (QED) is 0.603. The fourth-order valence-electron chi connectivity index (χ4n) is 3.37. The molecule has 72 valence electrons. The van der Waals surface area contributed by atoms with Gasteiger partial charge >= 0.3 is 6.09 Å². The van der Waals surface area contributed by atoms with Gasteiger partial charge in [0.2, 0.25) is 0 Å². The predicted molar refractivity (Wildman–Crippen MR) is 44.5 cm³/mol. The Balaban J connectivity index is 1.92. The number of hydrogen-bond acceptors (Lipinski definition) is 2. The van der Waals surface area contributed by atoms with Crippen molar-refractivity contribution in [1.29, 1.82) is 0 Å². The fourth-order valence-corrected chi connectivity index (χ4v) is 3.37. The summed E-state index contributed by atoms with van der Waals surface area (Å²) in [4.78, 5) is 12.7. The molecule has 4 atom stereocenters. The SMILES string of the molecule is O=C(O)N1[C@@H]2CC[C@H]1[C@H]1COC[C@H]12. The summed E-state index contributed by atoms with van der Waals surface area (Å²) in [7, 11) is 0. The maximum absolute atomic E-state index is 11.0. The molecule has 2 bridgehead atoms. The molecule has 0 unspecified atom stereocenters. The molecule has 1 amide bonds. The van der Waals surface area contributed by atoms with Crippen LogP contribution in [0.25, 0.3) is 0 Å². The highest BCUT2D eigenvalue weighted by atomic mass is 16.5.